The molecule has 0 saturated carbocycles. The zero-order chi connectivity index (χ0) is 30.2. The Morgan fingerprint density at radius 1 is 1.10 bits per heavy atom. The summed E-state index contributed by atoms with van der Waals surface area (Å²) in [4.78, 5) is 37.4. The van der Waals surface area contributed by atoms with Gasteiger partial charge in [0.25, 0.3) is 11.8 Å². The van der Waals surface area contributed by atoms with Crippen molar-refractivity contribution in [3.05, 3.63) is 111 Å². The first-order valence-electron chi connectivity index (χ1n) is 12.3. The maximum Gasteiger partial charge on any atom is 0.416 e. The molecule has 1 N–H and O–H groups in total. The van der Waals surface area contributed by atoms with Crippen LogP contribution < -0.4 is 10.1 Å². The highest BCUT2D eigenvalue weighted by Gasteiger charge is 2.43. The van der Waals surface area contributed by atoms with Gasteiger partial charge in [-0.3, -0.25) is 9.59 Å². The average Bonchev–Trinajstić information content (AvgIpc) is 3.23. The number of hydrogen-bond donors (Lipinski definition) is 1. The number of fused-ring (bicyclic) bond motifs is 1. The second-order valence-electron chi connectivity index (χ2n) is 9.21. The summed E-state index contributed by atoms with van der Waals surface area (Å²) < 4.78 is 59.3. The normalized spacial score (nSPS) is 14.6. The molecule has 0 radical (unpaired) electrons. The average molecular weight is 617 g/mol. The zero-order valence-corrected chi connectivity index (χ0v) is 23.6. The molecule has 13 heteroatoms. The Bertz CT molecular complexity index is 1680. The van der Waals surface area contributed by atoms with Crippen molar-refractivity contribution in [3.8, 4) is 5.75 Å². The van der Waals surface area contributed by atoms with E-state index in [0.717, 1.165) is 17.3 Å². The van der Waals surface area contributed by atoms with Gasteiger partial charge in [-0.05, 0) is 53.8 Å². The molecule has 1 atom stereocenters. The molecule has 1 aliphatic rings. The first-order chi connectivity index (χ1) is 20.0. The Hall–Kier alpha value is -4.16. The number of amides is 2. The maximum absolute atomic E-state index is 14.1. The van der Waals surface area contributed by atoms with Gasteiger partial charge in [-0.2, -0.15) is 13.2 Å². The van der Waals surface area contributed by atoms with E-state index in [2.05, 4.69) is 15.3 Å². The number of nitrogens with one attached hydrogen (secondary N) is 1. The van der Waals surface area contributed by atoms with Gasteiger partial charge in [0.05, 0.1) is 24.3 Å². The minimum Gasteiger partial charge on any atom is -0.497 e. The monoisotopic (exact) mass is 616 g/mol. The topological polar surface area (TPSA) is 84.4 Å². The zero-order valence-electron chi connectivity index (χ0n) is 22.0. The summed E-state index contributed by atoms with van der Waals surface area (Å²) in [5.41, 5.74) is -0.411. The van der Waals surface area contributed by atoms with Crippen LogP contribution in [0.4, 0.5) is 23.4 Å². The number of carbonyl (C=O) groups is 2. The van der Waals surface area contributed by atoms with Crippen LogP contribution in [0.15, 0.2) is 71.9 Å². The fourth-order valence-electron chi connectivity index (χ4n) is 4.64. The van der Waals surface area contributed by atoms with Gasteiger partial charge < -0.3 is 15.0 Å². The van der Waals surface area contributed by atoms with Gasteiger partial charge in [0.1, 0.15) is 23.1 Å². The summed E-state index contributed by atoms with van der Waals surface area (Å²) in [6, 6.07) is 14.6. The number of methoxy groups -OCH3 is 1. The third-order valence-electron chi connectivity index (χ3n) is 6.59. The van der Waals surface area contributed by atoms with Crippen LogP contribution in [-0.2, 0) is 12.7 Å². The molecule has 4 aromatic rings. The largest absolute Gasteiger partial charge is 0.497 e. The molecule has 5 rings (SSSR count). The summed E-state index contributed by atoms with van der Waals surface area (Å²) in [6.45, 7) is 0.121. The molecule has 0 saturated heterocycles. The van der Waals surface area contributed by atoms with Crippen LogP contribution in [0.3, 0.4) is 0 Å². The molecule has 216 valence electrons. The van der Waals surface area contributed by atoms with Crippen molar-refractivity contribution < 1.29 is 31.9 Å². The summed E-state index contributed by atoms with van der Waals surface area (Å²) in [6.07, 6.45) is -3.21. The SMILES string of the molecule is COc1ccc(CN2C(=O)c3nc(SC)nc(NC(=O)c4cc(F)cc(C(F)(F)F)c4)c3C2c2ccccc2Cl)cc1. The van der Waals surface area contributed by atoms with Crippen LogP contribution in [0.25, 0.3) is 0 Å². The number of benzene rings is 3. The summed E-state index contributed by atoms with van der Waals surface area (Å²) in [7, 11) is 1.54. The second-order valence-corrected chi connectivity index (χ2v) is 10.4. The van der Waals surface area contributed by atoms with Crippen molar-refractivity contribution in [1.29, 1.82) is 0 Å². The molecular formula is C29H21ClF4N4O3S. The predicted octanol–water partition coefficient (Wildman–Crippen LogP) is 7.02. The van der Waals surface area contributed by atoms with Crippen LogP contribution >= 0.6 is 23.4 Å². The van der Waals surface area contributed by atoms with Crippen LogP contribution in [0.5, 0.6) is 5.75 Å². The van der Waals surface area contributed by atoms with Crippen molar-refractivity contribution >= 4 is 41.0 Å². The molecule has 1 aromatic heterocycles. The molecule has 0 fully saturated rings. The number of alkyl halides is 3. The molecule has 7 nitrogen and oxygen atoms in total. The van der Waals surface area contributed by atoms with E-state index >= 15 is 0 Å². The molecule has 1 aliphatic heterocycles. The van der Waals surface area contributed by atoms with Crippen LogP contribution in [0.1, 0.15) is 49.1 Å². The standard InChI is InChI=1S/C29H21ClF4N4O3S/c1-41-19-9-7-15(8-10-19)14-38-24(20-5-3-4-6-21(20)30)22-23(27(38)40)35-28(42-2)37-25(22)36-26(39)16-11-17(29(32,33)34)13-18(31)12-16/h3-13,24H,14H2,1-2H3,(H,35,36,37,39). The molecule has 0 spiro atoms. The summed E-state index contributed by atoms with van der Waals surface area (Å²) in [5.74, 6) is -2.23. The van der Waals surface area contributed by atoms with Crippen molar-refractivity contribution in [2.75, 3.05) is 18.7 Å². The Kier molecular flexibility index (Phi) is 8.11. The fourth-order valence-corrected chi connectivity index (χ4v) is 5.25. The highest BCUT2D eigenvalue weighted by atomic mass is 35.5. The van der Waals surface area contributed by atoms with Gasteiger partial charge in [-0.25, -0.2) is 14.4 Å². The minimum atomic E-state index is -4.87. The number of hydrogen-bond acceptors (Lipinski definition) is 6. The van der Waals surface area contributed by atoms with Gasteiger partial charge in [-0.15, -0.1) is 0 Å². The number of nitrogens with zero attached hydrogens (tertiary/aromatic N) is 3. The molecule has 2 heterocycles. The van der Waals surface area contributed by atoms with Crippen molar-refractivity contribution in [2.45, 2.75) is 23.9 Å². The van der Waals surface area contributed by atoms with Gasteiger partial charge in [-0.1, -0.05) is 53.7 Å². The number of thioether (sulfide) groups is 1. The third-order valence-corrected chi connectivity index (χ3v) is 7.48. The first-order valence-corrected chi connectivity index (χ1v) is 13.9. The smallest absolute Gasteiger partial charge is 0.416 e. The summed E-state index contributed by atoms with van der Waals surface area (Å²) in [5, 5.41) is 2.97. The van der Waals surface area contributed by atoms with Gasteiger partial charge in [0.2, 0.25) is 0 Å². The van der Waals surface area contributed by atoms with Crippen molar-refractivity contribution in [3.63, 3.8) is 0 Å². The Morgan fingerprint density at radius 2 is 1.81 bits per heavy atom. The number of ether oxygens (including phenoxy) is 1. The van der Waals surface area contributed by atoms with Crippen LogP contribution in [0.2, 0.25) is 5.02 Å². The highest BCUT2D eigenvalue weighted by molar-refractivity contribution is 7.98. The number of rotatable bonds is 7. The molecule has 42 heavy (non-hydrogen) atoms. The lowest BCUT2D eigenvalue weighted by Crippen LogP contribution is -2.29. The van der Waals surface area contributed by atoms with E-state index in [1.165, 1.54) is 12.0 Å². The maximum atomic E-state index is 14.1. The molecular weight excluding hydrogens is 596 g/mol. The molecule has 0 aliphatic carbocycles. The molecule has 3 aromatic carbocycles. The number of anilines is 1. The number of carbonyl (C=O) groups excluding carboxylic acids is 2. The van der Waals surface area contributed by atoms with E-state index < -0.39 is 41.0 Å². The minimum absolute atomic E-state index is 0.00157. The Balaban J connectivity index is 1.62. The van der Waals surface area contributed by atoms with E-state index in [4.69, 9.17) is 16.3 Å². The van der Waals surface area contributed by atoms with Crippen LogP contribution in [-0.4, -0.2) is 40.0 Å². The van der Waals surface area contributed by atoms with E-state index in [1.54, 1.807) is 54.8 Å². The van der Waals surface area contributed by atoms with Gasteiger partial charge in [0, 0.05) is 17.1 Å². The van der Waals surface area contributed by atoms with Crippen molar-refractivity contribution in [2.24, 2.45) is 0 Å². The molecule has 0 bridgehead atoms. The predicted molar refractivity (Wildman–Crippen MR) is 149 cm³/mol. The number of aromatic nitrogens is 2. The lowest BCUT2D eigenvalue weighted by Gasteiger charge is -2.27. The Morgan fingerprint density at radius 3 is 2.45 bits per heavy atom. The number of halogens is 5. The van der Waals surface area contributed by atoms with E-state index in [0.29, 0.717) is 34.5 Å². The lowest BCUT2D eigenvalue weighted by atomic mass is 9.99. The van der Waals surface area contributed by atoms with E-state index in [1.807, 2.05) is 0 Å². The quantitative estimate of drug-likeness (QED) is 0.137. The van der Waals surface area contributed by atoms with E-state index in [9.17, 15) is 27.2 Å². The highest BCUT2D eigenvalue weighted by Crippen LogP contribution is 2.45. The fraction of sp³-hybridized carbons (Fsp3) is 0.172. The van der Waals surface area contributed by atoms with Gasteiger partial charge >= 0.3 is 6.18 Å². The first kappa shape index (κ1) is 29.3. The lowest BCUT2D eigenvalue weighted by molar-refractivity contribution is -0.137. The Labute approximate surface area is 246 Å². The van der Waals surface area contributed by atoms with Crippen molar-refractivity contribution in [1.82, 2.24) is 14.9 Å². The molecule has 2 amide bonds. The van der Waals surface area contributed by atoms with Gasteiger partial charge in [0.15, 0.2) is 5.16 Å². The second kappa shape index (κ2) is 11.6. The molecule has 1 unspecified atom stereocenters. The van der Waals surface area contributed by atoms with E-state index in [-0.39, 0.29) is 28.8 Å². The van der Waals surface area contributed by atoms with Crippen LogP contribution in [0, 0.1) is 5.82 Å². The third kappa shape index (κ3) is 5.77. The summed E-state index contributed by atoms with van der Waals surface area (Å²) >= 11 is 7.68.